The van der Waals surface area contributed by atoms with E-state index >= 15 is 0 Å². The predicted molar refractivity (Wildman–Crippen MR) is 79.2 cm³/mol. The third-order valence-electron chi connectivity index (χ3n) is 3.54. The van der Waals surface area contributed by atoms with Gasteiger partial charge in [0.05, 0.1) is 5.69 Å². The smallest absolute Gasteiger partial charge is 0.356 e. The summed E-state index contributed by atoms with van der Waals surface area (Å²) in [6, 6.07) is 1.46. The van der Waals surface area contributed by atoms with Gasteiger partial charge in [-0.15, -0.1) is 0 Å². The van der Waals surface area contributed by atoms with Crippen molar-refractivity contribution in [2.24, 2.45) is 7.05 Å². The van der Waals surface area contributed by atoms with Crippen LogP contribution in [0.4, 0.5) is 0 Å². The highest BCUT2D eigenvalue weighted by Gasteiger charge is 2.21. The number of benzene rings is 1. The number of hydrogen-bond acceptors (Lipinski definition) is 3. The largest absolute Gasteiger partial charge is 0.507 e. The lowest BCUT2D eigenvalue weighted by Crippen LogP contribution is -2.00. The zero-order chi connectivity index (χ0) is 15.2. The SMILES string of the molecule is Cc1c(C)c(Br)c(C)c(-c2cc(C(=O)O)nn2C)c1O. The van der Waals surface area contributed by atoms with Crippen molar-refractivity contribution in [3.63, 3.8) is 0 Å². The lowest BCUT2D eigenvalue weighted by molar-refractivity contribution is 0.0689. The fraction of sp³-hybridized carbons (Fsp3) is 0.286. The van der Waals surface area contributed by atoms with Crippen LogP contribution in [0.25, 0.3) is 11.3 Å². The molecule has 1 aromatic carbocycles. The Morgan fingerprint density at radius 1 is 1.25 bits per heavy atom. The molecule has 6 heteroatoms. The summed E-state index contributed by atoms with van der Waals surface area (Å²) in [5, 5.41) is 23.4. The fourth-order valence-corrected chi connectivity index (χ4v) is 2.71. The van der Waals surface area contributed by atoms with Crippen LogP contribution in [0.3, 0.4) is 0 Å². The maximum absolute atomic E-state index is 11.0. The molecule has 0 spiro atoms. The van der Waals surface area contributed by atoms with Gasteiger partial charge in [-0.3, -0.25) is 4.68 Å². The van der Waals surface area contributed by atoms with Crippen LogP contribution in [-0.4, -0.2) is 26.0 Å². The number of phenols is 1. The van der Waals surface area contributed by atoms with Crippen LogP contribution in [0.1, 0.15) is 27.2 Å². The molecule has 0 amide bonds. The molecule has 0 unspecified atom stereocenters. The molecule has 0 aliphatic rings. The van der Waals surface area contributed by atoms with Gasteiger partial charge in [0.1, 0.15) is 5.75 Å². The molecule has 1 aromatic heterocycles. The van der Waals surface area contributed by atoms with E-state index in [1.165, 1.54) is 10.7 Å². The van der Waals surface area contributed by atoms with E-state index in [2.05, 4.69) is 21.0 Å². The lowest BCUT2D eigenvalue weighted by atomic mass is 9.96. The van der Waals surface area contributed by atoms with Crippen molar-refractivity contribution in [1.82, 2.24) is 9.78 Å². The lowest BCUT2D eigenvalue weighted by Gasteiger charge is -2.16. The molecule has 106 valence electrons. The van der Waals surface area contributed by atoms with Crippen LogP contribution in [0.5, 0.6) is 5.75 Å². The molecule has 0 atom stereocenters. The second-order valence-corrected chi connectivity index (χ2v) is 5.55. The van der Waals surface area contributed by atoms with Crippen molar-refractivity contribution >= 4 is 21.9 Å². The number of carbonyl (C=O) groups is 1. The Hall–Kier alpha value is -1.82. The van der Waals surface area contributed by atoms with E-state index in [1.807, 2.05) is 20.8 Å². The van der Waals surface area contributed by atoms with Gasteiger partial charge in [0.2, 0.25) is 0 Å². The zero-order valence-corrected chi connectivity index (χ0v) is 13.2. The number of hydrogen-bond donors (Lipinski definition) is 2. The molecule has 0 fully saturated rings. The molecule has 0 aliphatic heterocycles. The maximum Gasteiger partial charge on any atom is 0.356 e. The van der Waals surface area contributed by atoms with Gasteiger partial charge in [0.15, 0.2) is 5.69 Å². The molecule has 20 heavy (non-hydrogen) atoms. The number of halogens is 1. The van der Waals surface area contributed by atoms with Crippen molar-refractivity contribution in [3.8, 4) is 17.0 Å². The van der Waals surface area contributed by atoms with Crippen LogP contribution in [0.15, 0.2) is 10.5 Å². The number of aryl methyl sites for hydroxylation is 1. The molecule has 0 bridgehead atoms. The number of aromatic hydroxyl groups is 1. The number of aromatic nitrogens is 2. The third kappa shape index (κ3) is 2.10. The number of carboxylic acid groups (broad SMARTS) is 1. The Kier molecular flexibility index (Phi) is 3.60. The first-order valence-corrected chi connectivity index (χ1v) is 6.81. The van der Waals surface area contributed by atoms with E-state index in [-0.39, 0.29) is 11.4 Å². The molecule has 2 rings (SSSR count). The predicted octanol–water partition coefficient (Wildman–Crippen LogP) is 3.18. The van der Waals surface area contributed by atoms with Crippen LogP contribution in [0, 0.1) is 20.8 Å². The summed E-state index contributed by atoms with van der Waals surface area (Å²) in [5.41, 5.74) is 3.70. The summed E-state index contributed by atoms with van der Waals surface area (Å²) < 4.78 is 2.37. The Morgan fingerprint density at radius 3 is 2.35 bits per heavy atom. The molecule has 2 N–H and O–H groups in total. The van der Waals surface area contributed by atoms with Crippen LogP contribution in [0.2, 0.25) is 0 Å². The van der Waals surface area contributed by atoms with E-state index in [4.69, 9.17) is 5.11 Å². The van der Waals surface area contributed by atoms with Crippen molar-refractivity contribution in [2.45, 2.75) is 20.8 Å². The van der Waals surface area contributed by atoms with E-state index < -0.39 is 5.97 Å². The van der Waals surface area contributed by atoms with Crippen molar-refractivity contribution in [3.05, 3.63) is 32.9 Å². The number of phenolic OH excluding ortho intramolecular Hbond substituents is 1. The minimum atomic E-state index is -1.09. The van der Waals surface area contributed by atoms with Gasteiger partial charge in [-0.1, -0.05) is 15.9 Å². The van der Waals surface area contributed by atoms with Crippen molar-refractivity contribution in [2.75, 3.05) is 0 Å². The normalized spacial score (nSPS) is 10.8. The first kappa shape index (κ1) is 14.6. The zero-order valence-electron chi connectivity index (χ0n) is 11.7. The van der Waals surface area contributed by atoms with Gasteiger partial charge in [-0.2, -0.15) is 5.10 Å². The quantitative estimate of drug-likeness (QED) is 0.881. The molecule has 0 saturated heterocycles. The van der Waals surface area contributed by atoms with Gasteiger partial charge in [0, 0.05) is 17.1 Å². The molecule has 1 heterocycles. The second kappa shape index (κ2) is 4.94. The summed E-state index contributed by atoms with van der Waals surface area (Å²) in [4.78, 5) is 11.0. The Balaban J connectivity index is 2.80. The van der Waals surface area contributed by atoms with Crippen LogP contribution < -0.4 is 0 Å². The fourth-order valence-electron chi connectivity index (χ4n) is 2.22. The molecule has 0 radical (unpaired) electrons. The maximum atomic E-state index is 11.0. The monoisotopic (exact) mass is 338 g/mol. The molecule has 5 nitrogen and oxygen atoms in total. The van der Waals surface area contributed by atoms with Gasteiger partial charge in [-0.25, -0.2) is 4.79 Å². The molecule has 0 aliphatic carbocycles. The highest BCUT2D eigenvalue weighted by Crippen LogP contribution is 2.41. The van der Waals surface area contributed by atoms with E-state index in [0.29, 0.717) is 11.3 Å². The van der Waals surface area contributed by atoms with E-state index in [0.717, 1.165) is 21.2 Å². The summed E-state index contributed by atoms with van der Waals surface area (Å²) in [7, 11) is 1.66. The minimum absolute atomic E-state index is 0.0457. The first-order chi connectivity index (χ1) is 9.25. The standard InChI is InChI=1S/C14H15BrN2O3/c1-6-7(2)13(18)11(8(3)12(6)15)10-5-9(14(19)20)16-17(10)4/h5,18H,1-4H3,(H,19,20). The Bertz CT molecular complexity index is 691. The van der Waals surface area contributed by atoms with Gasteiger partial charge in [-0.05, 0) is 43.5 Å². The van der Waals surface area contributed by atoms with Crippen molar-refractivity contribution < 1.29 is 15.0 Å². The summed E-state index contributed by atoms with van der Waals surface area (Å²) in [5.74, 6) is -0.935. The molecule has 2 aromatic rings. The van der Waals surface area contributed by atoms with E-state index in [1.54, 1.807) is 7.05 Å². The number of aromatic carboxylic acids is 1. The first-order valence-electron chi connectivity index (χ1n) is 6.01. The van der Waals surface area contributed by atoms with Gasteiger partial charge >= 0.3 is 5.97 Å². The number of rotatable bonds is 2. The van der Waals surface area contributed by atoms with Gasteiger partial charge < -0.3 is 10.2 Å². The summed E-state index contributed by atoms with van der Waals surface area (Å²) in [6.07, 6.45) is 0. The molecule has 0 saturated carbocycles. The summed E-state index contributed by atoms with van der Waals surface area (Å²) in [6.45, 7) is 5.62. The Labute approximate surface area is 125 Å². The van der Waals surface area contributed by atoms with Crippen LogP contribution in [-0.2, 0) is 7.05 Å². The van der Waals surface area contributed by atoms with E-state index in [9.17, 15) is 9.90 Å². The average molecular weight is 339 g/mol. The van der Waals surface area contributed by atoms with Crippen LogP contribution >= 0.6 is 15.9 Å². The third-order valence-corrected chi connectivity index (χ3v) is 4.73. The second-order valence-electron chi connectivity index (χ2n) is 4.76. The van der Waals surface area contributed by atoms with Gasteiger partial charge in [0.25, 0.3) is 0 Å². The summed E-state index contributed by atoms with van der Waals surface area (Å²) >= 11 is 3.52. The van der Waals surface area contributed by atoms with Crippen molar-refractivity contribution in [1.29, 1.82) is 0 Å². The minimum Gasteiger partial charge on any atom is -0.507 e. The number of carboxylic acids is 1. The average Bonchev–Trinajstić information content (AvgIpc) is 2.77. The highest BCUT2D eigenvalue weighted by atomic mass is 79.9. The highest BCUT2D eigenvalue weighted by molar-refractivity contribution is 9.10. The molecular formula is C14H15BrN2O3. The molecular weight excluding hydrogens is 324 g/mol. The Morgan fingerprint density at radius 2 is 1.85 bits per heavy atom. The topological polar surface area (TPSA) is 75.3 Å². The number of nitrogens with zero attached hydrogens (tertiary/aromatic N) is 2.